The molecule has 7 nitrogen and oxygen atoms in total. The Kier molecular flexibility index (Phi) is 8.73. The summed E-state index contributed by atoms with van der Waals surface area (Å²) in [6, 6.07) is 25.3. The number of nitrogens with one attached hydrogen (secondary N) is 3. The van der Waals surface area contributed by atoms with Gasteiger partial charge in [0.25, 0.3) is 10.0 Å². The number of rotatable bonds is 12. The summed E-state index contributed by atoms with van der Waals surface area (Å²) in [5, 5.41) is 6.54. The molecule has 0 unspecified atom stereocenters. The van der Waals surface area contributed by atoms with Gasteiger partial charge in [0.2, 0.25) is 0 Å². The SMILES string of the molecule is C=C(NCCNc1cccc(NS(=O)(=O)c2cc(-c3cccc(F)c3)ccc2OC)c1)c1ccccc1OC. The third kappa shape index (κ3) is 6.88. The van der Waals surface area contributed by atoms with E-state index in [0.29, 0.717) is 29.9 Å². The van der Waals surface area contributed by atoms with Crippen LogP contribution in [-0.2, 0) is 10.0 Å². The maximum absolute atomic E-state index is 13.7. The zero-order valence-corrected chi connectivity index (χ0v) is 22.5. The minimum atomic E-state index is -4.02. The second-order valence-corrected chi connectivity index (χ2v) is 10.2. The van der Waals surface area contributed by atoms with E-state index in [1.807, 2.05) is 30.3 Å². The molecule has 0 aromatic heterocycles. The first-order valence-electron chi connectivity index (χ1n) is 12.2. The number of para-hydroxylation sites is 1. The number of methoxy groups -OCH3 is 2. The molecule has 0 saturated heterocycles. The fourth-order valence-corrected chi connectivity index (χ4v) is 5.29. The van der Waals surface area contributed by atoms with Crippen molar-refractivity contribution in [2.24, 2.45) is 0 Å². The minimum absolute atomic E-state index is 0.0517. The number of sulfonamides is 1. The maximum atomic E-state index is 13.7. The van der Waals surface area contributed by atoms with Crippen LogP contribution in [-0.4, -0.2) is 35.7 Å². The Morgan fingerprint density at radius 3 is 2.28 bits per heavy atom. The normalized spacial score (nSPS) is 10.9. The maximum Gasteiger partial charge on any atom is 0.265 e. The molecule has 39 heavy (non-hydrogen) atoms. The van der Waals surface area contributed by atoms with E-state index in [1.54, 1.807) is 49.6 Å². The molecule has 0 amide bonds. The fraction of sp³-hybridized carbons (Fsp3) is 0.133. The van der Waals surface area contributed by atoms with Crippen molar-refractivity contribution < 1.29 is 22.3 Å². The van der Waals surface area contributed by atoms with Gasteiger partial charge in [-0.15, -0.1) is 0 Å². The number of benzene rings is 4. The fourth-order valence-electron chi connectivity index (χ4n) is 4.05. The number of anilines is 2. The molecule has 0 aliphatic rings. The summed E-state index contributed by atoms with van der Waals surface area (Å²) in [5.74, 6) is 0.508. The van der Waals surface area contributed by atoms with Crippen LogP contribution in [0.25, 0.3) is 16.8 Å². The van der Waals surface area contributed by atoms with Gasteiger partial charge in [-0.2, -0.15) is 0 Å². The van der Waals surface area contributed by atoms with Gasteiger partial charge in [-0.1, -0.05) is 43.0 Å². The predicted molar refractivity (Wildman–Crippen MR) is 154 cm³/mol. The van der Waals surface area contributed by atoms with E-state index in [4.69, 9.17) is 9.47 Å². The molecule has 3 N–H and O–H groups in total. The average molecular weight is 548 g/mol. The zero-order chi connectivity index (χ0) is 27.8. The van der Waals surface area contributed by atoms with Gasteiger partial charge in [-0.3, -0.25) is 4.72 Å². The first-order valence-corrected chi connectivity index (χ1v) is 13.7. The molecule has 0 saturated carbocycles. The van der Waals surface area contributed by atoms with Crippen molar-refractivity contribution in [2.45, 2.75) is 4.90 Å². The van der Waals surface area contributed by atoms with Gasteiger partial charge in [0.05, 0.1) is 19.9 Å². The van der Waals surface area contributed by atoms with E-state index in [1.165, 1.54) is 25.3 Å². The summed E-state index contributed by atoms with van der Waals surface area (Å²) in [5.41, 5.74) is 3.85. The second kappa shape index (κ2) is 12.4. The number of ether oxygens (including phenoxy) is 2. The van der Waals surface area contributed by atoms with Crippen LogP contribution in [0.1, 0.15) is 5.56 Å². The first kappa shape index (κ1) is 27.5. The summed E-state index contributed by atoms with van der Waals surface area (Å²) in [6.45, 7) is 5.22. The molecular weight excluding hydrogens is 517 g/mol. The molecule has 4 aromatic carbocycles. The van der Waals surface area contributed by atoms with Crippen molar-refractivity contribution in [3.8, 4) is 22.6 Å². The van der Waals surface area contributed by atoms with Crippen LogP contribution in [0.3, 0.4) is 0 Å². The van der Waals surface area contributed by atoms with E-state index in [2.05, 4.69) is 21.9 Å². The monoisotopic (exact) mass is 547 g/mol. The van der Waals surface area contributed by atoms with Crippen LogP contribution in [0, 0.1) is 5.82 Å². The van der Waals surface area contributed by atoms with E-state index in [-0.39, 0.29) is 10.6 Å². The summed E-state index contributed by atoms with van der Waals surface area (Å²) in [7, 11) is -1.00. The molecule has 0 heterocycles. The summed E-state index contributed by atoms with van der Waals surface area (Å²) < 4.78 is 53.8. The van der Waals surface area contributed by atoms with Crippen molar-refractivity contribution in [1.82, 2.24) is 5.32 Å². The van der Waals surface area contributed by atoms with Gasteiger partial charge in [0.15, 0.2) is 0 Å². The Hall–Kier alpha value is -4.50. The van der Waals surface area contributed by atoms with Gasteiger partial charge >= 0.3 is 0 Å². The van der Waals surface area contributed by atoms with Gasteiger partial charge in [0, 0.05) is 30.0 Å². The summed E-state index contributed by atoms with van der Waals surface area (Å²) in [6.07, 6.45) is 0. The summed E-state index contributed by atoms with van der Waals surface area (Å²) in [4.78, 5) is -0.0517. The third-order valence-corrected chi connectivity index (χ3v) is 7.35. The topological polar surface area (TPSA) is 88.7 Å². The predicted octanol–water partition coefficient (Wildman–Crippen LogP) is 5.98. The Morgan fingerprint density at radius 1 is 0.795 bits per heavy atom. The standard InChI is InChI=1S/C30H30FN3O4S/c1-21(27-12-4-5-13-28(27)37-2)32-16-17-33-25-10-7-11-26(20-25)34-39(35,36)30-19-23(14-15-29(30)38-3)22-8-6-9-24(31)18-22/h4-15,18-20,32-34H,1,16-17H2,2-3H3. The highest BCUT2D eigenvalue weighted by Crippen LogP contribution is 2.32. The molecule has 202 valence electrons. The Morgan fingerprint density at radius 2 is 1.51 bits per heavy atom. The second-order valence-electron chi connectivity index (χ2n) is 8.59. The van der Waals surface area contributed by atoms with Crippen LogP contribution in [0.4, 0.5) is 15.8 Å². The number of halogens is 1. The number of hydrogen-bond acceptors (Lipinski definition) is 6. The van der Waals surface area contributed by atoms with Crippen LogP contribution in [0.2, 0.25) is 0 Å². The molecule has 0 aliphatic heterocycles. The van der Waals surface area contributed by atoms with Gasteiger partial charge < -0.3 is 20.1 Å². The van der Waals surface area contributed by atoms with Crippen molar-refractivity contribution >= 4 is 27.1 Å². The van der Waals surface area contributed by atoms with Crippen LogP contribution in [0.5, 0.6) is 11.5 Å². The lowest BCUT2D eigenvalue weighted by atomic mass is 10.1. The number of hydrogen-bond donors (Lipinski definition) is 3. The highest BCUT2D eigenvalue weighted by molar-refractivity contribution is 7.92. The van der Waals surface area contributed by atoms with E-state index in [9.17, 15) is 12.8 Å². The van der Waals surface area contributed by atoms with Gasteiger partial charge in [-0.05, 0) is 65.7 Å². The molecule has 0 atom stereocenters. The first-order chi connectivity index (χ1) is 18.8. The Bertz CT molecular complexity index is 1570. The molecule has 0 fully saturated rings. The molecule has 4 aromatic rings. The van der Waals surface area contributed by atoms with Crippen molar-refractivity contribution in [3.63, 3.8) is 0 Å². The van der Waals surface area contributed by atoms with Gasteiger partial charge in [0.1, 0.15) is 22.2 Å². The highest BCUT2D eigenvalue weighted by atomic mass is 32.2. The van der Waals surface area contributed by atoms with Crippen molar-refractivity contribution in [1.29, 1.82) is 0 Å². The van der Waals surface area contributed by atoms with Crippen LogP contribution < -0.4 is 24.8 Å². The molecule has 0 aliphatic carbocycles. The largest absolute Gasteiger partial charge is 0.496 e. The minimum Gasteiger partial charge on any atom is -0.496 e. The molecule has 0 radical (unpaired) electrons. The molecular formula is C30H30FN3O4S. The molecule has 4 rings (SSSR count). The van der Waals surface area contributed by atoms with Crippen molar-refractivity contribution in [3.05, 3.63) is 109 Å². The molecule has 0 spiro atoms. The van der Waals surface area contributed by atoms with E-state index in [0.717, 1.165) is 22.7 Å². The lowest BCUT2D eigenvalue weighted by Gasteiger charge is -2.15. The highest BCUT2D eigenvalue weighted by Gasteiger charge is 2.21. The molecule has 0 bridgehead atoms. The van der Waals surface area contributed by atoms with Crippen LogP contribution in [0.15, 0.2) is 102 Å². The van der Waals surface area contributed by atoms with Gasteiger partial charge in [-0.25, -0.2) is 12.8 Å². The zero-order valence-electron chi connectivity index (χ0n) is 21.7. The lowest BCUT2D eigenvalue weighted by Crippen LogP contribution is -2.21. The quantitative estimate of drug-likeness (QED) is 0.189. The Labute approximate surface area is 228 Å². The summed E-state index contributed by atoms with van der Waals surface area (Å²) >= 11 is 0. The average Bonchev–Trinajstić information content (AvgIpc) is 2.94. The Balaban J connectivity index is 1.43. The smallest absolute Gasteiger partial charge is 0.265 e. The molecule has 9 heteroatoms. The lowest BCUT2D eigenvalue weighted by molar-refractivity contribution is 0.403. The third-order valence-electron chi connectivity index (χ3n) is 5.95. The van der Waals surface area contributed by atoms with Crippen molar-refractivity contribution in [2.75, 3.05) is 37.3 Å². The van der Waals surface area contributed by atoms with E-state index >= 15 is 0 Å². The van der Waals surface area contributed by atoms with Crippen LogP contribution >= 0.6 is 0 Å². The van der Waals surface area contributed by atoms with E-state index < -0.39 is 15.8 Å².